The molecule has 2 aromatic carbocycles. The van der Waals surface area contributed by atoms with Crippen LogP contribution >= 0.6 is 0 Å². The van der Waals surface area contributed by atoms with E-state index in [0.29, 0.717) is 30.2 Å². The van der Waals surface area contributed by atoms with Gasteiger partial charge in [-0.05, 0) is 54.7 Å². The number of fused-ring (bicyclic) bond motifs is 1. The van der Waals surface area contributed by atoms with Crippen LogP contribution in [0.25, 0.3) is 0 Å². The van der Waals surface area contributed by atoms with Crippen LogP contribution in [0.5, 0.6) is 5.75 Å². The van der Waals surface area contributed by atoms with Crippen molar-refractivity contribution in [3.8, 4) is 5.75 Å². The molecule has 0 radical (unpaired) electrons. The van der Waals surface area contributed by atoms with Crippen molar-refractivity contribution in [2.24, 2.45) is 0 Å². The van der Waals surface area contributed by atoms with Crippen molar-refractivity contribution in [1.82, 2.24) is 14.8 Å². The van der Waals surface area contributed by atoms with Crippen LogP contribution < -0.4 is 10.1 Å². The highest BCUT2D eigenvalue weighted by Gasteiger charge is 2.39. The van der Waals surface area contributed by atoms with Crippen LogP contribution in [-0.4, -0.2) is 32.6 Å². The first-order valence-electron chi connectivity index (χ1n) is 10.3. The molecule has 0 spiro atoms. The van der Waals surface area contributed by atoms with Crippen LogP contribution in [0, 0.1) is 17.0 Å². The molecular formula is C23H21N5O4. The van der Waals surface area contributed by atoms with E-state index in [0.717, 1.165) is 22.6 Å². The molecule has 5 rings (SSSR count). The predicted molar refractivity (Wildman–Crippen MR) is 117 cm³/mol. The lowest BCUT2D eigenvalue weighted by molar-refractivity contribution is -0.384. The number of Topliss-reactive ketones (excluding diaryl/α,β-unsaturated/α-hetero) is 1. The van der Waals surface area contributed by atoms with Crippen LogP contribution in [0.3, 0.4) is 0 Å². The van der Waals surface area contributed by atoms with E-state index in [1.54, 1.807) is 30.8 Å². The Balaban J connectivity index is 1.56. The van der Waals surface area contributed by atoms with Crippen LogP contribution in [0.1, 0.15) is 41.8 Å². The predicted octanol–water partition coefficient (Wildman–Crippen LogP) is 3.92. The van der Waals surface area contributed by atoms with E-state index in [1.807, 2.05) is 24.3 Å². The number of non-ortho nitro benzene ring substituents is 1. The fourth-order valence-electron chi connectivity index (χ4n) is 4.52. The number of nitrogens with one attached hydrogen (secondary N) is 1. The number of nitro benzene ring substituents is 1. The van der Waals surface area contributed by atoms with Gasteiger partial charge in [0.1, 0.15) is 17.6 Å². The van der Waals surface area contributed by atoms with E-state index >= 15 is 0 Å². The minimum absolute atomic E-state index is 0.00132. The Bertz CT molecular complexity index is 1240. The molecule has 1 N–H and O–H groups in total. The lowest BCUT2D eigenvalue weighted by atomic mass is 9.78. The number of methoxy groups -OCH3 is 1. The molecule has 9 nitrogen and oxygen atoms in total. The van der Waals surface area contributed by atoms with Gasteiger partial charge in [0.15, 0.2) is 5.78 Å². The Morgan fingerprint density at radius 2 is 1.78 bits per heavy atom. The lowest BCUT2D eigenvalue weighted by Crippen LogP contribution is -2.33. The Morgan fingerprint density at radius 1 is 1.09 bits per heavy atom. The van der Waals surface area contributed by atoms with Crippen LogP contribution in [-0.2, 0) is 4.79 Å². The normalized spacial score (nSPS) is 19.8. The standard InChI is InChI=1S/C23H21N5O4/c1-13-24-23-25-19-11-16(14-5-9-18(32-2)10-6-14)12-20(29)21(19)22(27(23)26-13)15-3-7-17(8-4-15)28(30)31/h3-10,16,22H,11-12H2,1-2H3,(H,24,25,26)/t16-,22+/m0/s1. The number of ketones is 1. The van der Waals surface area contributed by atoms with Gasteiger partial charge in [-0.15, -0.1) is 0 Å². The summed E-state index contributed by atoms with van der Waals surface area (Å²) >= 11 is 0. The number of nitrogens with zero attached hydrogens (tertiary/aromatic N) is 4. The number of ether oxygens (including phenoxy) is 1. The van der Waals surface area contributed by atoms with Gasteiger partial charge in [-0.1, -0.05) is 12.1 Å². The first kappa shape index (κ1) is 19.9. The van der Waals surface area contributed by atoms with Gasteiger partial charge in [-0.2, -0.15) is 10.1 Å². The second-order valence-corrected chi connectivity index (χ2v) is 8.00. The molecule has 1 aliphatic carbocycles. The number of hydrogen-bond donors (Lipinski definition) is 1. The van der Waals surface area contributed by atoms with E-state index in [4.69, 9.17) is 4.74 Å². The average molecular weight is 431 g/mol. The molecule has 32 heavy (non-hydrogen) atoms. The van der Waals surface area contributed by atoms with E-state index in [2.05, 4.69) is 15.4 Å². The third-order valence-electron chi connectivity index (χ3n) is 6.03. The third-order valence-corrected chi connectivity index (χ3v) is 6.03. The monoisotopic (exact) mass is 431 g/mol. The number of anilines is 1. The summed E-state index contributed by atoms with van der Waals surface area (Å²) < 4.78 is 6.94. The van der Waals surface area contributed by atoms with Gasteiger partial charge in [0.2, 0.25) is 5.95 Å². The number of aromatic nitrogens is 3. The zero-order valence-electron chi connectivity index (χ0n) is 17.6. The van der Waals surface area contributed by atoms with Gasteiger partial charge in [-0.3, -0.25) is 14.9 Å². The maximum Gasteiger partial charge on any atom is 0.269 e. The Morgan fingerprint density at radius 3 is 2.44 bits per heavy atom. The molecule has 2 heterocycles. The molecule has 0 fully saturated rings. The molecule has 9 heteroatoms. The SMILES string of the molecule is COc1ccc([C@@H]2CC(=O)C3=C(C2)Nc2nc(C)nn2[C@@H]3c2ccc([N+](=O)[O-])cc2)cc1. The minimum Gasteiger partial charge on any atom is -0.497 e. The summed E-state index contributed by atoms with van der Waals surface area (Å²) in [5, 5.41) is 18.9. The number of hydrogen-bond acceptors (Lipinski definition) is 7. The lowest BCUT2D eigenvalue weighted by Gasteiger charge is -2.35. The van der Waals surface area contributed by atoms with Crippen molar-refractivity contribution in [2.45, 2.75) is 31.7 Å². The summed E-state index contributed by atoms with van der Waals surface area (Å²) in [5.41, 5.74) is 3.29. The molecule has 3 aromatic rings. The van der Waals surface area contributed by atoms with Crippen LogP contribution in [0.2, 0.25) is 0 Å². The smallest absolute Gasteiger partial charge is 0.269 e. The second-order valence-electron chi connectivity index (χ2n) is 8.00. The summed E-state index contributed by atoms with van der Waals surface area (Å²) in [4.78, 5) is 28.5. The Labute approximate surface area is 183 Å². The number of benzene rings is 2. The summed E-state index contributed by atoms with van der Waals surface area (Å²) in [6, 6.07) is 13.6. The molecule has 0 unspecified atom stereocenters. The third kappa shape index (κ3) is 3.31. The van der Waals surface area contributed by atoms with Gasteiger partial charge < -0.3 is 10.1 Å². The van der Waals surface area contributed by atoms with Gasteiger partial charge in [0.05, 0.1) is 12.0 Å². The molecule has 0 bridgehead atoms. The Kier molecular flexibility index (Phi) is 4.73. The number of aryl methyl sites for hydroxylation is 1. The highest BCUT2D eigenvalue weighted by atomic mass is 16.6. The maximum atomic E-state index is 13.4. The second kappa shape index (κ2) is 7.60. The summed E-state index contributed by atoms with van der Waals surface area (Å²) in [6.07, 6.45) is 1.03. The van der Waals surface area contributed by atoms with Gasteiger partial charge in [0, 0.05) is 29.8 Å². The van der Waals surface area contributed by atoms with Crippen molar-refractivity contribution >= 4 is 17.4 Å². The topological polar surface area (TPSA) is 112 Å². The zero-order valence-corrected chi connectivity index (χ0v) is 17.6. The first-order valence-corrected chi connectivity index (χ1v) is 10.3. The molecule has 2 aliphatic rings. The number of rotatable bonds is 4. The summed E-state index contributed by atoms with van der Waals surface area (Å²) in [5.74, 6) is 1.98. The van der Waals surface area contributed by atoms with Crippen molar-refractivity contribution in [3.05, 3.63) is 86.9 Å². The van der Waals surface area contributed by atoms with E-state index in [1.165, 1.54) is 12.1 Å². The largest absolute Gasteiger partial charge is 0.497 e. The number of nitro groups is 1. The number of carbonyl (C=O) groups is 1. The molecule has 0 saturated carbocycles. The molecule has 0 amide bonds. The van der Waals surface area contributed by atoms with Crippen LogP contribution in [0.15, 0.2) is 59.8 Å². The molecule has 0 saturated heterocycles. The van der Waals surface area contributed by atoms with E-state index in [9.17, 15) is 14.9 Å². The van der Waals surface area contributed by atoms with E-state index < -0.39 is 11.0 Å². The van der Waals surface area contributed by atoms with Crippen molar-refractivity contribution in [1.29, 1.82) is 0 Å². The highest BCUT2D eigenvalue weighted by molar-refractivity contribution is 6.00. The van der Waals surface area contributed by atoms with Gasteiger partial charge >= 0.3 is 0 Å². The minimum atomic E-state index is -0.479. The van der Waals surface area contributed by atoms with Crippen molar-refractivity contribution < 1.29 is 14.5 Å². The maximum absolute atomic E-state index is 13.4. The molecular weight excluding hydrogens is 410 g/mol. The fourth-order valence-corrected chi connectivity index (χ4v) is 4.52. The number of allylic oxidation sites excluding steroid dienone is 2. The van der Waals surface area contributed by atoms with E-state index in [-0.39, 0.29) is 17.4 Å². The van der Waals surface area contributed by atoms with Crippen molar-refractivity contribution in [3.63, 3.8) is 0 Å². The first-order chi connectivity index (χ1) is 15.4. The number of carbonyl (C=O) groups excluding carboxylic acids is 1. The van der Waals surface area contributed by atoms with Crippen molar-refractivity contribution in [2.75, 3.05) is 12.4 Å². The average Bonchev–Trinajstić information content (AvgIpc) is 3.17. The molecule has 2 atom stereocenters. The molecule has 1 aliphatic heterocycles. The zero-order chi connectivity index (χ0) is 22.4. The van der Waals surface area contributed by atoms with Crippen LogP contribution in [0.4, 0.5) is 11.6 Å². The Hall–Kier alpha value is -4.01. The highest BCUT2D eigenvalue weighted by Crippen LogP contribution is 2.44. The molecule has 1 aromatic heterocycles. The summed E-state index contributed by atoms with van der Waals surface area (Å²) in [7, 11) is 1.62. The molecule has 162 valence electrons. The van der Waals surface area contributed by atoms with Gasteiger partial charge in [-0.25, -0.2) is 4.68 Å². The van der Waals surface area contributed by atoms with Gasteiger partial charge in [0.25, 0.3) is 5.69 Å². The fraction of sp³-hybridized carbons (Fsp3) is 0.261. The quantitative estimate of drug-likeness (QED) is 0.492. The summed E-state index contributed by atoms with van der Waals surface area (Å²) in [6.45, 7) is 1.79.